The van der Waals surface area contributed by atoms with Crippen LogP contribution in [0.5, 0.6) is 0 Å². The molecule has 1 heterocycles. The topological polar surface area (TPSA) is 26.8 Å². The van der Waals surface area contributed by atoms with Crippen molar-refractivity contribution in [2.45, 2.75) is 18.9 Å². The molecule has 0 N–H and O–H groups in total. The molecule has 1 aliphatic rings. The van der Waals surface area contributed by atoms with Crippen molar-refractivity contribution in [2.24, 2.45) is 0 Å². The zero-order chi connectivity index (χ0) is 14.7. The second-order valence-corrected chi connectivity index (χ2v) is 5.93. The zero-order valence-corrected chi connectivity index (χ0v) is 13.0. The van der Waals surface area contributed by atoms with Crippen LogP contribution in [0.4, 0.5) is 5.69 Å². The third kappa shape index (κ3) is 3.31. The molecule has 4 heteroatoms. The molecule has 0 radical (unpaired) electrons. The van der Waals surface area contributed by atoms with Gasteiger partial charge in [0.2, 0.25) is 0 Å². The van der Waals surface area contributed by atoms with E-state index in [4.69, 9.17) is 0 Å². The van der Waals surface area contributed by atoms with E-state index in [9.17, 15) is 4.79 Å². The van der Waals surface area contributed by atoms with Gasteiger partial charge in [-0.15, -0.1) is 0 Å². The first kappa shape index (κ1) is 14.9. The van der Waals surface area contributed by atoms with Crippen LogP contribution in [0.15, 0.2) is 24.3 Å². The Morgan fingerprint density at radius 1 is 1.15 bits per heavy atom. The quantitative estimate of drug-likeness (QED) is 0.843. The summed E-state index contributed by atoms with van der Waals surface area (Å²) in [5.41, 5.74) is 1.86. The summed E-state index contributed by atoms with van der Waals surface area (Å²) in [6, 6.07) is 8.46. The Morgan fingerprint density at radius 2 is 1.80 bits per heavy atom. The minimum absolute atomic E-state index is 0.158. The standard InChI is InChI=1S/C16H25N3O/c1-17(2)14-8-10-19(11-9-14)16(20)13-6-5-7-15(12-13)18(3)4/h5-7,12,14H,8-11H2,1-4H3. The summed E-state index contributed by atoms with van der Waals surface area (Å²) in [5, 5.41) is 0. The molecule has 110 valence electrons. The van der Waals surface area contributed by atoms with Crippen LogP contribution >= 0.6 is 0 Å². The third-order valence-corrected chi connectivity index (χ3v) is 4.09. The van der Waals surface area contributed by atoms with Crippen LogP contribution in [0.2, 0.25) is 0 Å². The van der Waals surface area contributed by atoms with Crippen LogP contribution in [-0.2, 0) is 0 Å². The van der Waals surface area contributed by atoms with Crippen LogP contribution in [0.1, 0.15) is 23.2 Å². The smallest absolute Gasteiger partial charge is 0.253 e. The predicted molar refractivity (Wildman–Crippen MR) is 83.4 cm³/mol. The largest absolute Gasteiger partial charge is 0.378 e. The molecule has 1 saturated heterocycles. The summed E-state index contributed by atoms with van der Waals surface area (Å²) in [4.78, 5) is 18.8. The van der Waals surface area contributed by atoms with Crippen molar-refractivity contribution in [3.05, 3.63) is 29.8 Å². The Morgan fingerprint density at radius 3 is 2.35 bits per heavy atom. The van der Waals surface area contributed by atoms with Gasteiger partial charge in [-0.1, -0.05) is 6.07 Å². The van der Waals surface area contributed by atoms with Gasteiger partial charge >= 0.3 is 0 Å². The number of likely N-dealkylation sites (tertiary alicyclic amines) is 1. The molecule has 0 atom stereocenters. The zero-order valence-electron chi connectivity index (χ0n) is 13.0. The van der Waals surface area contributed by atoms with Gasteiger partial charge in [-0.05, 0) is 45.1 Å². The maximum Gasteiger partial charge on any atom is 0.253 e. The Bertz CT molecular complexity index is 463. The number of carbonyl (C=O) groups excluding carboxylic acids is 1. The van der Waals surface area contributed by atoms with Gasteiger partial charge in [0, 0.05) is 44.5 Å². The molecule has 0 unspecified atom stereocenters. The van der Waals surface area contributed by atoms with Gasteiger partial charge in [-0.25, -0.2) is 0 Å². The maximum absolute atomic E-state index is 12.5. The number of rotatable bonds is 3. The van der Waals surface area contributed by atoms with Crippen molar-refractivity contribution >= 4 is 11.6 Å². The number of benzene rings is 1. The Hall–Kier alpha value is -1.55. The monoisotopic (exact) mass is 275 g/mol. The molecule has 0 aromatic heterocycles. The maximum atomic E-state index is 12.5. The van der Waals surface area contributed by atoms with E-state index in [1.165, 1.54) is 0 Å². The van der Waals surface area contributed by atoms with Crippen LogP contribution in [0.3, 0.4) is 0 Å². The average molecular weight is 275 g/mol. The number of hydrogen-bond donors (Lipinski definition) is 0. The van der Waals surface area contributed by atoms with Crippen molar-refractivity contribution in [1.82, 2.24) is 9.80 Å². The fraction of sp³-hybridized carbons (Fsp3) is 0.562. The highest BCUT2D eigenvalue weighted by atomic mass is 16.2. The predicted octanol–water partition coefficient (Wildman–Crippen LogP) is 1.92. The van der Waals surface area contributed by atoms with Crippen molar-refractivity contribution < 1.29 is 4.79 Å². The molecule has 0 bridgehead atoms. The van der Waals surface area contributed by atoms with Crippen LogP contribution in [0.25, 0.3) is 0 Å². The fourth-order valence-electron chi connectivity index (χ4n) is 2.69. The Labute approximate surface area is 122 Å². The number of anilines is 1. The molecule has 20 heavy (non-hydrogen) atoms. The number of nitrogens with zero attached hydrogens (tertiary/aromatic N) is 3. The summed E-state index contributed by atoms with van der Waals surface area (Å²) in [7, 11) is 8.21. The number of hydrogen-bond acceptors (Lipinski definition) is 3. The van der Waals surface area contributed by atoms with E-state index >= 15 is 0 Å². The molecular weight excluding hydrogens is 250 g/mol. The highest BCUT2D eigenvalue weighted by molar-refractivity contribution is 5.95. The number of piperidine rings is 1. The number of amides is 1. The third-order valence-electron chi connectivity index (χ3n) is 4.09. The molecule has 0 aliphatic carbocycles. The number of carbonyl (C=O) groups is 1. The molecule has 2 rings (SSSR count). The van der Waals surface area contributed by atoms with E-state index in [0.29, 0.717) is 6.04 Å². The van der Waals surface area contributed by atoms with E-state index in [0.717, 1.165) is 37.2 Å². The molecule has 0 spiro atoms. The van der Waals surface area contributed by atoms with Gasteiger partial charge in [0.05, 0.1) is 0 Å². The van der Waals surface area contributed by atoms with Crippen LogP contribution in [-0.4, -0.2) is 63.0 Å². The second-order valence-electron chi connectivity index (χ2n) is 5.93. The normalized spacial score (nSPS) is 16.6. The van der Waals surface area contributed by atoms with E-state index in [1.807, 2.05) is 48.2 Å². The summed E-state index contributed by atoms with van der Waals surface area (Å²) in [6.45, 7) is 1.71. The SMILES string of the molecule is CN(C)c1cccc(C(=O)N2CCC(N(C)C)CC2)c1. The summed E-state index contributed by atoms with van der Waals surface area (Å²) >= 11 is 0. The van der Waals surface area contributed by atoms with Crippen LogP contribution < -0.4 is 4.90 Å². The lowest BCUT2D eigenvalue weighted by Gasteiger charge is -2.35. The fourth-order valence-corrected chi connectivity index (χ4v) is 2.69. The van der Waals surface area contributed by atoms with E-state index in [-0.39, 0.29) is 5.91 Å². The summed E-state index contributed by atoms with van der Waals surface area (Å²) in [5.74, 6) is 0.158. The van der Waals surface area contributed by atoms with Gasteiger partial charge in [-0.3, -0.25) is 4.79 Å². The van der Waals surface area contributed by atoms with Crippen molar-refractivity contribution in [3.8, 4) is 0 Å². The van der Waals surface area contributed by atoms with Crippen molar-refractivity contribution in [2.75, 3.05) is 46.2 Å². The first-order valence-corrected chi connectivity index (χ1v) is 7.22. The molecule has 0 saturated carbocycles. The van der Waals surface area contributed by atoms with Gasteiger partial charge in [0.15, 0.2) is 0 Å². The van der Waals surface area contributed by atoms with Gasteiger partial charge < -0.3 is 14.7 Å². The lowest BCUT2D eigenvalue weighted by Crippen LogP contribution is -2.44. The molecule has 4 nitrogen and oxygen atoms in total. The summed E-state index contributed by atoms with van der Waals surface area (Å²) in [6.07, 6.45) is 2.12. The summed E-state index contributed by atoms with van der Waals surface area (Å²) < 4.78 is 0. The average Bonchev–Trinajstić information content (AvgIpc) is 2.46. The highest BCUT2D eigenvalue weighted by Gasteiger charge is 2.24. The molecule has 1 aromatic carbocycles. The minimum atomic E-state index is 0.158. The molecule has 1 aliphatic heterocycles. The van der Waals surface area contributed by atoms with E-state index in [1.54, 1.807) is 0 Å². The lowest BCUT2D eigenvalue weighted by molar-refractivity contribution is 0.0663. The molecular formula is C16H25N3O. The first-order valence-electron chi connectivity index (χ1n) is 7.22. The van der Waals surface area contributed by atoms with E-state index in [2.05, 4.69) is 19.0 Å². The highest BCUT2D eigenvalue weighted by Crippen LogP contribution is 2.19. The van der Waals surface area contributed by atoms with Gasteiger partial charge in [0.1, 0.15) is 0 Å². The van der Waals surface area contributed by atoms with Gasteiger partial charge in [0.25, 0.3) is 5.91 Å². The minimum Gasteiger partial charge on any atom is -0.378 e. The molecule has 1 aromatic rings. The van der Waals surface area contributed by atoms with Gasteiger partial charge in [-0.2, -0.15) is 0 Å². The van der Waals surface area contributed by atoms with Crippen LogP contribution in [0, 0.1) is 0 Å². The lowest BCUT2D eigenvalue weighted by atomic mass is 10.0. The molecule has 1 amide bonds. The Balaban J connectivity index is 2.03. The Kier molecular flexibility index (Phi) is 4.65. The second kappa shape index (κ2) is 6.27. The van der Waals surface area contributed by atoms with Crippen molar-refractivity contribution in [3.63, 3.8) is 0 Å². The first-order chi connectivity index (χ1) is 9.49. The van der Waals surface area contributed by atoms with E-state index < -0.39 is 0 Å². The van der Waals surface area contributed by atoms with Crippen molar-refractivity contribution in [1.29, 1.82) is 0 Å². The molecule has 1 fully saturated rings.